The van der Waals surface area contributed by atoms with E-state index >= 15 is 0 Å². The first-order valence-corrected chi connectivity index (χ1v) is 9.57. The minimum absolute atomic E-state index is 0.0652. The average molecular weight is 365 g/mol. The smallest absolute Gasteiger partial charge is 0.206 e. The summed E-state index contributed by atoms with van der Waals surface area (Å²) in [6.45, 7) is 2.21. The van der Waals surface area contributed by atoms with Crippen molar-refractivity contribution in [2.75, 3.05) is 26.2 Å². The lowest BCUT2D eigenvalue weighted by atomic mass is 9.97. The molecule has 1 heterocycles. The number of rotatable bonds is 5. The van der Waals surface area contributed by atoms with Crippen LogP contribution in [0.2, 0.25) is 0 Å². The van der Waals surface area contributed by atoms with E-state index in [4.69, 9.17) is 5.11 Å². The number of sulfone groups is 1. The van der Waals surface area contributed by atoms with Gasteiger partial charge in [0.1, 0.15) is 11.6 Å². The molecule has 1 atom stereocenters. The summed E-state index contributed by atoms with van der Waals surface area (Å²) in [5, 5.41) is 19.3. The monoisotopic (exact) mass is 365 g/mol. The summed E-state index contributed by atoms with van der Waals surface area (Å²) in [6, 6.07) is 9.10. The molecule has 2 N–H and O–H groups in total. The Kier molecular flexibility index (Phi) is 5.08. The molecule has 1 aliphatic rings. The molecule has 0 bridgehead atoms. The Labute approximate surface area is 146 Å². The average Bonchev–Trinajstić information content (AvgIpc) is 3.03. The Morgan fingerprint density at radius 1 is 1.16 bits per heavy atom. The molecule has 7 heteroatoms. The van der Waals surface area contributed by atoms with Crippen molar-refractivity contribution >= 4 is 9.84 Å². The fraction of sp³-hybridized carbons (Fsp3) is 0.333. The molecule has 0 saturated carbocycles. The first-order valence-electron chi connectivity index (χ1n) is 8.08. The molecule has 25 heavy (non-hydrogen) atoms. The van der Waals surface area contributed by atoms with Crippen molar-refractivity contribution < 1.29 is 23.0 Å². The summed E-state index contributed by atoms with van der Waals surface area (Å²) in [7, 11) is -3.89. The highest BCUT2D eigenvalue weighted by molar-refractivity contribution is 7.91. The van der Waals surface area contributed by atoms with Crippen molar-refractivity contribution in [3.63, 3.8) is 0 Å². The highest BCUT2D eigenvalue weighted by Gasteiger charge is 2.27. The largest absolute Gasteiger partial charge is 0.508 e. The third-order valence-corrected chi connectivity index (χ3v) is 6.30. The molecule has 1 saturated heterocycles. The summed E-state index contributed by atoms with van der Waals surface area (Å²) < 4.78 is 38.5. The minimum Gasteiger partial charge on any atom is -0.508 e. The Hall–Kier alpha value is -1.96. The van der Waals surface area contributed by atoms with Gasteiger partial charge in [-0.05, 0) is 48.9 Å². The zero-order chi connectivity index (χ0) is 18.0. The van der Waals surface area contributed by atoms with Crippen LogP contribution in [-0.4, -0.2) is 49.8 Å². The molecular weight excluding hydrogens is 345 g/mol. The van der Waals surface area contributed by atoms with Crippen molar-refractivity contribution in [2.45, 2.75) is 22.1 Å². The molecule has 0 unspecified atom stereocenters. The van der Waals surface area contributed by atoms with E-state index in [1.807, 2.05) is 0 Å². The van der Waals surface area contributed by atoms with Gasteiger partial charge in [-0.1, -0.05) is 12.1 Å². The van der Waals surface area contributed by atoms with Gasteiger partial charge in [-0.15, -0.1) is 0 Å². The molecule has 1 fully saturated rings. The van der Waals surface area contributed by atoms with E-state index in [2.05, 4.69) is 4.90 Å². The van der Waals surface area contributed by atoms with Gasteiger partial charge in [-0.3, -0.25) is 0 Å². The lowest BCUT2D eigenvalue weighted by Crippen LogP contribution is -2.23. The van der Waals surface area contributed by atoms with Crippen LogP contribution >= 0.6 is 0 Å². The van der Waals surface area contributed by atoms with E-state index in [-0.39, 0.29) is 28.1 Å². The summed E-state index contributed by atoms with van der Waals surface area (Å²) in [6.07, 6.45) is 0.837. The molecular formula is C18H20FNO4S. The minimum atomic E-state index is -3.89. The Morgan fingerprint density at radius 3 is 2.60 bits per heavy atom. The van der Waals surface area contributed by atoms with Gasteiger partial charge in [0.25, 0.3) is 0 Å². The normalized spacial score (nSPS) is 18.6. The Bertz CT molecular complexity index is 869. The van der Waals surface area contributed by atoms with Crippen molar-refractivity contribution in [1.82, 2.24) is 4.90 Å². The highest BCUT2D eigenvalue weighted by atomic mass is 32.2. The molecule has 2 aromatic rings. The topological polar surface area (TPSA) is 77.8 Å². The molecule has 5 nitrogen and oxygen atoms in total. The van der Waals surface area contributed by atoms with Crippen LogP contribution in [-0.2, 0) is 9.84 Å². The van der Waals surface area contributed by atoms with Gasteiger partial charge in [0.2, 0.25) is 9.84 Å². The highest BCUT2D eigenvalue weighted by Crippen LogP contribution is 2.35. The van der Waals surface area contributed by atoms with E-state index in [9.17, 15) is 17.9 Å². The van der Waals surface area contributed by atoms with Crippen molar-refractivity contribution in [2.24, 2.45) is 0 Å². The van der Waals surface area contributed by atoms with Crippen LogP contribution in [0.25, 0.3) is 0 Å². The molecule has 2 aromatic carbocycles. The second kappa shape index (κ2) is 7.11. The number of likely N-dealkylation sites (tertiary alicyclic amines) is 1. The van der Waals surface area contributed by atoms with Gasteiger partial charge in [-0.25, -0.2) is 12.8 Å². The van der Waals surface area contributed by atoms with E-state index in [0.717, 1.165) is 19.0 Å². The molecule has 3 rings (SSSR count). The quantitative estimate of drug-likeness (QED) is 0.849. The molecule has 1 aliphatic heterocycles. The van der Waals surface area contributed by atoms with Crippen LogP contribution in [0.1, 0.15) is 17.9 Å². The van der Waals surface area contributed by atoms with Crippen LogP contribution in [0.5, 0.6) is 5.75 Å². The first-order chi connectivity index (χ1) is 11.9. The number of nitrogens with zero attached hydrogens (tertiary/aromatic N) is 1. The standard InChI is InChI=1S/C18H20FNO4S/c19-14-2-1-3-15(10-14)25(23,24)16-4-5-17(18(22)11-16)13-6-7-20(12-13)8-9-21/h1-5,10-11,13,21-22H,6-9,12H2/t13-/m1/s1. The summed E-state index contributed by atoms with van der Waals surface area (Å²) >= 11 is 0. The number of aromatic hydroxyl groups is 1. The van der Waals surface area contributed by atoms with Crippen molar-refractivity contribution in [3.8, 4) is 5.75 Å². The third-order valence-electron chi connectivity index (χ3n) is 4.55. The maximum Gasteiger partial charge on any atom is 0.206 e. The number of halogens is 1. The van der Waals surface area contributed by atoms with E-state index < -0.39 is 15.7 Å². The maximum atomic E-state index is 13.3. The van der Waals surface area contributed by atoms with Crippen LogP contribution < -0.4 is 0 Å². The zero-order valence-corrected chi connectivity index (χ0v) is 14.4. The zero-order valence-electron chi connectivity index (χ0n) is 13.6. The lowest BCUT2D eigenvalue weighted by Gasteiger charge is -2.16. The Balaban J connectivity index is 1.87. The number of phenols is 1. The van der Waals surface area contributed by atoms with Gasteiger partial charge in [0, 0.05) is 19.0 Å². The SMILES string of the molecule is O=S(=O)(c1cccc(F)c1)c1ccc([C@@H]2CCN(CCO)C2)c(O)c1. The first kappa shape index (κ1) is 17.8. The number of hydrogen-bond donors (Lipinski definition) is 2. The Morgan fingerprint density at radius 2 is 1.92 bits per heavy atom. The number of aliphatic hydroxyl groups is 1. The van der Waals surface area contributed by atoms with Gasteiger partial charge in [0.05, 0.1) is 16.4 Å². The number of aliphatic hydroxyl groups excluding tert-OH is 1. The predicted molar refractivity (Wildman–Crippen MR) is 90.8 cm³/mol. The van der Waals surface area contributed by atoms with Crippen molar-refractivity contribution in [1.29, 1.82) is 0 Å². The van der Waals surface area contributed by atoms with Crippen LogP contribution in [0, 0.1) is 5.82 Å². The van der Waals surface area contributed by atoms with Crippen LogP contribution in [0.4, 0.5) is 4.39 Å². The number of phenolic OH excluding ortho intramolecular Hbond substituents is 1. The molecule has 0 aliphatic carbocycles. The number of hydrogen-bond acceptors (Lipinski definition) is 5. The fourth-order valence-corrected chi connectivity index (χ4v) is 4.55. The second-order valence-corrected chi connectivity index (χ2v) is 8.14. The third kappa shape index (κ3) is 3.68. The molecule has 134 valence electrons. The molecule has 0 amide bonds. The van der Waals surface area contributed by atoms with E-state index in [1.54, 1.807) is 6.07 Å². The molecule has 0 aromatic heterocycles. The lowest BCUT2D eigenvalue weighted by molar-refractivity contribution is 0.220. The van der Waals surface area contributed by atoms with Gasteiger partial charge in [-0.2, -0.15) is 0 Å². The summed E-state index contributed by atoms with van der Waals surface area (Å²) in [4.78, 5) is 1.89. The number of β-amino-alcohol motifs (C(OH)–C–C–N with tert-alkyl or cyclic N) is 1. The predicted octanol–water partition coefficient (Wildman–Crippen LogP) is 2.15. The fourth-order valence-electron chi connectivity index (χ4n) is 3.24. The van der Waals surface area contributed by atoms with Gasteiger partial charge in [0.15, 0.2) is 0 Å². The van der Waals surface area contributed by atoms with Gasteiger partial charge < -0.3 is 15.1 Å². The van der Waals surface area contributed by atoms with E-state index in [1.165, 1.54) is 30.3 Å². The number of benzene rings is 2. The molecule has 0 radical (unpaired) electrons. The molecule has 0 spiro atoms. The second-order valence-electron chi connectivity index (χ2n) is 6.19. The maximum absolute atomic E-state index is 13.3. The van der Waals surface area contributed by atoms with Crippen LogP contribution in [0.15, 0.2) is 52.3 Å². The van der Waals surface area contributed by atoms with Crippen LogP contribution in [0.3, 0.4) is 0 Å². The van der Waals surface area contributed by atoms with Crippen molar-refractivity contribution in [3.05, 3.63) is 53.8 Å². The van der Waals surface area contributed by atoms with E-state index in [0.29, 0.717) is 18.7 Å². The summed E-state index contributed by atoms with van der Waals surface area (Å²) in [5.41, 5.74) is 0.693. The summed E-state index contributed by atoms with van der Waals surface area (Å²) in [5.74, 6) is -0.609. The van der Waals surface area contributed by atoms with Gasteiger partial charge >= 0.3 is 0 Å².